The Bertz CT molecular complexity index is 371. The van der Waals surface area contributed by atoms with E-state index in [1.807, 2.05) is 12.1 Å². The third-order valence-electron chi connectivity index (χ3n) is 3.70. The van der Waals surface area contributed by atoms with Crippen LogP contribution in [0.4, 0.5) is 0 Å². The van der Waals surface area contributed by atoms with Crippen molar-refractivity contribution in [3.05, 3.63) is 29.8 Å². The summed E-state index contributed by atoms with van der Waals surface area (Å²) in [5, 5.41) is 3.63. The van der Waals surface area contributed by atoms with Crippen molar-refractivity contribution in [3.8, 4) is 5.75 Å². The van der Waals surface area contributed by atoms with Crippen molar-refractivity contribution in [2.45, 2.75) is 39.2 Å². The van der Waals surface area contributed by atoms with E-state index in [0.29, 0.717) is 11.5 Å². The molecule has 0 saturated heterocycles. The van der Waals surface area contributed by atoms with Crippen LogP contribution in [0.5, 0.6) is 5.75 Å². The van der Waals surface area contributed by atoms with Gasteiger partial charge in [-0.2, -0.15) is 0 Å². The van der Waals surface area contributed by atoms with E-state index in [-0.39, 0.29) is 0 Å². The second-order valence-electron chi connectivity index (χ2n) is 5.61. The van der Waals surface area contributed by atoms with Gasteiger partial charge in [-0.15, -0.1) is 0 Å². The van der Waals surface area contributed by atoms with Gasteiger partial charge in [-0.25, -0.2) is 0 Å². The second kappa shape index (κ2) is 5.09. The van der Waals surface area contributed by atoms with Crippen LogP contribution >= 0.6 is 0 Å². The lowest BCUT2D eigenvalue weighted by atomic mass is 10.0. The predicted molar refractivity (Wildman–Crippen MR) is 71.5 cm³/mol. The van der Waals surface area contributed by atoms with Gasteiger partial charge in [-0.05, 0) is 43.2 Å². The summed E-state index contributed by atoms with van der Waals surface area (Å²) in [5.41, 5.74) is 1.87. The van der Waals surface area contributed by atoms with Gasteiger partial charge in [-0.3, -0.25) is 0 Å². The minimum absolute atomic E-state index is 0.503. The highest BCUT2D eigenvalue weighted by Gasteiger charge is 2.36. The van der Waals surface area contributed by atoms with Crippen molar-refractivity contribution in [2.75, 3.05) is 13.7 Å². The summed E-state index contributed by atoms with van der Waals surface area (Å²) >= 11 is 0. The molecular weight excluding hydrogens is 210 g/mol. The Hall–Kier alpha value is -1.02. The zero-order valence-electron chi connectivity index (χ0n) is 11.1. The highest BCUT2D eigenvalue weighted by molar-refractivity contribution is 5.33. The fourth-order valence-corrected chi connectivity index (χ4v) is 2.08. The molecule has 1 saturated carbocycles. The number of methoxy groups -OCH3 is 1. The minimum Gasteiger partial charge on any atom is -0.496 e. The van der Waals surface area contributed by atoms with Gasteiger partial charge >= 0.3 is 0 Å². The molecule has 0 heterocycles. The Balaban J connectivity index is 1.86. The largest absolute Gasteiger partial charge is 0.496 e. The third-order valence-corrected chi connectivity index (χ3v) is 3.70. The number of hydrogen-bond donors (Lipinski definition) is 1. The first-order valence-electron chi connectivity index (χ1n) is 6.48. The van der Waals surface area contributed by atoms with Gasteiger partial charge in [-0.1, -0.05) is 25.1 Å². The molecule has 1 aliphatic rings. The summed E-state index contributed by atoms with van der Waals surface area (Å²) in [6.07, 6.45) is 3.78. The van der Waals surface area contributed by atoms with Crippen molar-refractivity contribution in [1.82, 2.24) is 5.32 Å². The zero-order chi connectivity index (χ0) is 12.3. The van der Waals surface area contributed by atoms with Crippen molar-refractivity contribution in [2.24, 2.45) is 5.41 Å². The van der Waals surface area contributed by atoms with Crippen molar-refractivity contribution >= 4 is 0 Å². The van der Waals surface area contributed by atoms with E-state index in [2.05, 4.69) is 31.3 Å². The number of para-hydroxylation sites is 1. The zero-order valence-corrected chi connectivity index (χ0v) is 11.1. The van der Waals surface area contributed by atoms with Crippen LogP contribution in [0.25, 0.3) is 0 Å². The van der Waals surface area contributed by atoms with Crippen LogP contribution in [0.1, 0.15) is 32.3 Å². The Kier molecular flexibility index (Phi) is 3.72. The van der Waals surface area contributed by atoms with Crippen LogP contribution in [0.3, 0.4) is 0 Å². The molecule has 1 aliphatic carbocycles. The molecule has 0 aromatic heterocycles. The molecule has 17 heavy (non-hydrogen) atoms. The van der Waals surface area contributed by atoms with Crippen LogP contribution in [-0.2, 0) is 6.42 Å². The predicted octanol–water partition coefficient (Wildman–Crippen LogP) is 3.02. The highest BCUT2D eigenvalue weighted by atomic mass is 16.5. The fourth-order valence-electron chi connectivity index (χ4n) is 2.08. The molecule has 2 rings (SSSR count). The van der Waals surface area contributed by atoms with E-state index in [1.54, 1.807) is 7.11 Å². The van der Waals surface area contributed by atoms with Crippen molar-refractivity contribution < 1.29 is 4.74 Å². The molecule has 0 radical (unpaired) electrons. The van der Waals surface area contributed by atoms with Gasteiger partial charge < -0.3 is 10.1 Å². The Morgan fingerprint density at radius 3 is 2.71 bits per heavy atom. The maximum Gasteiger partial charge on any atom is 0.122 e. The molecule has 2 heteroatoms. The molecule has 94 valence electrons. The van der Waals surface area contributed by atoms with Gasteiger partial charge in [0.05, 0.1) is 7.11 Å². The molecule has 1 unspecified atom stereocenters. The highest BCUT2D eigenvalue weighted by Crippen LogP contribution is 2.44. The van der Waals surface area contributed by atoms with Gasteiger partial charge in [0, 0.05) is 12.6 Å². The molecule has 0 bridgehead atoms. The molecule has 1 aromatic rings. The Labute approximate surface area is 104 Å². The fraction of sp³-hybridized carbons (Fsp3) is 0.600. The summed E-state index contributed by atoms with van der Waals surface area (Å²) in [7, 11) is 1.74. The molecule has 1 atom stereocenters. The van der Waals surface area contributed by atoms with Crippen molar-refractivity contribution in [1.29, 1.82) is 0 Å². The minimum atomic E-state index is 0.503. The first-order valence-corrected chi connectivity index (χ1v) is 6.48. The number of benzene rings is 1. The summed E-state index contributed by atoms with van der Waals surface area (Å²) in [5.74, 6) is 0.999. The molecule has 1 fully saturated rings. The van der Waals surface area contributed by atoms with Crippen LogP contribution in [0, 0.1) is 5.41 Å². The maximum absolute atomic E-state index is 5.38. The molecule has 2 nitrogen and oxygen atoms in total. The summed E-state index contributed by atoms with van der Waals surface area (Å²) in [6, 6.07) is 8.78. The summed E-state index contributed by atoms with van der Waals surface area (Å²) in [6.45, 7) is 5.75. The lowest BCUT2D eigenvalue weighted by Gasteiger charge is -2.18. The van der Waals surface area contributed by atoms with E-state index in [9.17, 15) is 0 Å². The second-order valence-corrected chi connectivity index (χ2v) is 5.61. The van der Waals surface area contributed by atoms with Gasteiger partial charge in [0.2, 0.25) is 0 Å². The van der Waals surface area contributed by atoms with Crippen molar-refractivity contribution in [3.63, 3.8) is 0 Å². The summed E-state index contributed by atoms with van der Waals surface area (Å²) in [4.78, 5) is 0. The number of ether oxygens (including phenoxy) is 1. The molecule has 0 spiro atoms. The Morgan fingerprint density at radius 1 is 1.35 bits per heavy atom. The SMILES string of the molecule is COc1ccccc1CC(C)NCC1(C)CC1. The van der Waals surface area contributed by atoms with E-state index < -0.39 is 0 Å². The number of hydrogen-bond acceptors (Lipinski definition) is 2. The molecule has 1 aromatic carbocycles. The lowest BCUT2D eigenvalue weighted by Crippen LogP contribution is -2.32. The smallest absolute Gasteiger partial charge is 0.122 e. The quantitative estimate of drug-likeness (QED) is 0.815. The van der Waals surface area contributed by atoms with Crippen LogP contribution < -0.4 is 10.1 Å². The van der Waals surface area contributed by atoms with E-state index in [0.717, 1.165) is 18.7 Å². The van der Waals surface area contributed by atoms with Crippen LogP contribution in [0.15, 0.2) is 24.3 Å². The molecule has 0 amide bonds. The van der Waals surface area contributed by atoms with Gasteiger partial charge in [0.25, 0.3) is 0 Å². The van der Waals surface area contributed by atoms with E-state index in [4.69, 9.17) is 4.74 Å². The average molecular weight is 233 g/mol. The summed E-state index contributed by atoms with van der Waals surface area (Å²) < 4.78 is 5.38. The van der Waals surface area contributed by atoms with Crippen LogP contribution in [-0.4, -0.2) is 19.7 Å². The number of nitrogens with one attached hydrogen (secondary N) is 1. The lowest BCUT2D eigenvalue weighted by molar-refractivity contribution is 0.402. The van der Waals surface area contributed by atoms with E-state index >= 15 is 0 Å². The Morgan fingerprint density at radius 2 is 2.06 bits per heavy atom. The first-order chi connectivity index (χ1) is 8.13. The third kappa shape index (κ3) is 3.47. The monoisotopic (exact) mass is 233 g/mol. The standard InChI is InChI=1S/C15H23NO/c1-12(16-11-15(2)8-9-15)10-13-6-4-5-7-14(13)17-3/h4-7,12,16H,8-11H2,1-3H3. The topological polar surface area (TPSA) is 21.3 Å². The maximum atomic E-state index is 5.38. The molecule has 0 aliphatic heterocycles. The van der Waals surface area contributed by atoms with E-state index in [1.165, 1.54) is 18.4 Å². The van der Waals surface area contributed by atoms with Gasteiger partial charge in [0.15, 0.2) is 0 Å². The first kappa shape index (κ1) is 12.4. The number of rotatable bonds is 6. The van der Waals surface area contributed by atoms with Gasteiger partial charge in [0.1, 0.15) is 5.75 Å². The van der Waals surface area contributed by atoms with Crippen LogP contribution in [0.2, 0.25) is 0 Å². The normalized spacial score (nSPS) is 18.8. The molecule has 1 N–H and O–H groups in total. The average Bonchev–Trinajstić information content (AvgIpc) is 3.06. The molecular formula is C15H23NO.